The molecule has 0 saturated carbocycles. The van der Waals surface area contributed by atoms with E-state index >= 15 is 0 Å². The maximum atomic E-state index is 9.62. The van der Waals surface area contributed by atoms with E-state index in [4.69, 9.17) is 5.11 Å². The topological polar surface area (TPSA) is 52.5 Å². The van der Waals surface area contributed by atoms with Crippen molar-refractivity contribution in [1.29, 1.82) is 0 Å². The van der Waals surface area contributed by atoms with Crippen molar-refractivity contribution in [3.8, 4) is 5.75 Å². The standard InChI is InChI=1S/C12H17NO2/c14-8-11-6-9(7-13-11)5-10-3-1-2-4-12(10)15/h1-4,9,11,13-15H,5-8H2. The Morgan fingerprint density at radius 3 is 2.80 bits per heavy atom. The lowest BCUT2D eigenvalue weighted by Gasteiger charge is -2.09. The molecule has 15 heavy (non-hydrogen) atoms. The van der Waals surface area contributed by atoms with Gasteiger partial charge in [0.15, 0.2) is 0 Å². The number of aliphatic hydroxyl groups is 1. The molecule has 3 heteroatoms. The van der Waals surface area contributed by atoms with E-state index in [2.05, 4.69) is 5.32 Å². The number of benzene rings is 1. The van der Waals surface area contributed by atoms with Crippen molar-refractivity contribution in [2.75, 3.05) is 13.2 Å². The van der Waals surface area contributed by atoms with Gasteiger partial charge < -0.3 is 15.5 Å². The predicted octanol–water partition coefficient (Wildman–Crippen LogP) is 0.905. The average Bonchev–Trinajstić information content (AvgIpc) is 2.69. The molecule has 1 aromatic rings. The Morgan fingerprint density at radius 1 is 1.33 bits per heavy atom. The molecule has 0 bridgehead atoms. The van der Waals surface area contributed by atoms with Crippen LogP contribution in [-0.4, -0.2) is 29.4 Å². The number of hydrogen-bond acceptors (Lipinski definition) is 3. The minimum atomic E-state index is 0.206. The van der Waals surface area contributed by atoms with Crippen LogP contribution in [-0.2, 0) is 6.42 Å². The molecule has 3 nitrogen and oxygen atoms in total. The third-order valence-corrected chi connectivity index (χ3v) is 3.03. The van der Waals surface area contributed by atoms with Crippen molar-refractivity contribution >= 4 is 0 Å². The molecule has 0 spiro atoms. The molecule has 2 unspecified atom stereocenters. The van der Waals surface area contributed by atoms with Gasteiger partial charge in [-0.2, -0.15) is 0 Å². The Hall–Kier alpha value is -1.06. The van der Waals surface area contributed by atoms with Gasteiger partial charge in [0.1, 0.15) is 5.75 Å². The van der Waals surface area contributed by atoms with Gasteiger partial charge in [0.25, 0.3) is 0 Å². The van der Waals surface area contributed by atoms with E-state index in [9.17, 15) is 5.11 Å². The Labute approximate surface area is 89.8 Å². The number of rotatable bonds is 3. The lowest BCUT2D eigenvalue weighted by molar-refractivity contribution is 0.252. The highest BCUT2D eigenvalue weighted by Gasteiger charge is 2.23. The van der Waals surface area contributed by atoms with Gasteiger partial charge in [-0.25, -0.2) is 0 Å². The smallest absolute Gasteiger partial charge is 0.118 e. The Bertz CT molecular complexity index is 327. The zero-order valence-corrected chi connectivity index (χ0v) is 8.69. The van der Waals surface area contributed by atoms with E-state index in [1.807, 2.05) is 18.2 Å². The minimum absolute atomic E-state index is 0.206. The summed E-state index contributed by atoms with van der Waals surface area (Å²) >= 11 is 0. The van der Waals surface area contributed by atoms with Crippen molar-refractivity contribution < 1.29 is 10.2 Å². The third kappa shape index (κ3) is 2.49. The third-order valence-electron chi connectivity index (χ3n) is 3.03. The van der Waals surface area contributed by atoms with E-state index in [1.165, 1.54) is 0 Å². The largest absolute Gasteiger partial charge is 0.508 e. The van der Waals surface area contributed by atoms with Crippen LogP contribution in [0.25, 0.3) is 0 Å². The lowest BCUT2D eigenvalue weighted by atomic mass is 9.96. The molecule has 1 fully saturated rings. The maximum absolute atomic E-state index is 9.62. The number of hydrogen-bond donors (Lipinski definition) is 3. The Balaban J connectivity index is 1.96. The van der Waals surface area contributed by atoms with Gasteiger partial charge in [-0.3, -0.25) is 0 Å². The van der Waals surface area contributed by atoms with E-state index in [0.29, 0.717) is 11.7 Å². The van der Waals surface area contributed by atoms with Gasteiger partial charge in [-0.05, 0) is 36.9 Å². The second kappa shape index (κ2) is 4.64. The quantitative estimate of drug-likeness (QED) is 0.690. The van der Waals surface area contributed by atoms with Crippen molar-refractivity contribution in [3.05, 3.63) is 29.8 Å². The maximum Gasteiger partial charge on any atom is 0.118 e. The molecule has 1 aliphatic heterocycles. The van der Waals surface area contributed by atoms with Crippen LogP contribution in [0.4, 0.5) is 0 Å². The Morgan fingerprint density at radius 2 is 2.13 bits per heavy atom. The van der Waals surface area contributed by atoms with Crippen LogP contribution in [0.1, 0.15) is 12.0 Å². The molecule has 0 aromatic heterocycles. The van der Waals surface area contributed by atoms with Gasteiger partial charge in [0, 0.05) is 6.04 Å². The molecule has 1 aliphatic rings. The van der Waals surface area contributed by atoms with Crippen LogP contribution in [0.2, 0.25) is 0 Å². The molecule has 0 radical (unpaired) electrons. The number of aliphatic hydroxyl groups excluding tert-OH is 1. The monoisotopic (exact) mass is 207 g/mol. The van der Waals surface area contributed by atoms with Gasteiger partial charge in [-0.15, -0.1) is 0 Å². The minimum Gasteiger partial charge on any atom is -0.508 e. The van der Waals surface area contributed by atoms with Crippen molar-refractivity contribution in [3.63, 3.8) is 0 Å². The second-order valence-corrected chi connectivity index (χ2v) is 4.22. The van der Waals surface area contributed by atoms with Crippen molar-refractivity contribution in [2.45, 2.75) is 18.9 Å². The van der Waals surface area contributed by atoms with Gasteiger partial charge in [0.2, 0.25) is 0 Å². The summed E-state index contributed by atoms with van der Waals surface area (Å²) in [6.07, 6.45) is 1.88. The molecular weight excluding hydrogens is 190 g/mol. The first-order chi connectivity index (χ1) is 7.29. The molecule has 0 amide bonds. The molecule has 1 saturated heterocycles. The summed E-state index contributed by atoms with van der Waals surface area (Å²) in [6.45, 7) is 1.14. The molecule has 2 rings (SSSR count). The highest BCUT2D eigenvalue weighted by atomic mass is 16.3. The average molecular weight is 207 g/mol. The Kier molecular flexibility index (Phi) is 3.23. The summed E-state index contributed by atoms with van der Waals surface area (Å²) in [5, 5.41) is 21.9. The van der Waals surface area contributed by atoms with Crippen LogP contribution in [0.3, 0.4) is 0 Å². The number of phenols is 1. The zero-order chi connectivity index (χ0) is 10.7. The fourth-order valence-corrected chi connectivity index (χ4v) is 2.19. The molecular formula is C12H17NO2. The van der Waals surface area contributed by atoms with Crippen LogP contribution in [0, 0.1) is 5.92 Å². The number of phenolic OH excluding ortho intramolecular Hbond substituents is 1. The second-order valence-electron chi connectivity index (χ2n) is 4.22. The molecule has 0 aliphatic carbocycles. The number of para-hydroxylation sites is 1. The van der Waals surface area contributed by atoms with E-state index in [-0.39, 0.29) is 12.6 Å². The van der Waals surface area contributed by atoms with Crippen LogP contribution < -0.4 is 5.32 Å². The van der Waals surface area contributed by atoms with Crippen LogP contribution in [0.15, 0.2) is 24.3 Å². The zero-order valence-electron chi connectivity index (χ0n) is 8.69. The van der Waals surface area contributed by atoms with E-state index in [1.54, 1.807) is 6.07 Å². The summed E-state index contributed by atoms with van der Waals surface area (Å²) in [5.41, 5.74) is 1.00. The van der Waals surface area contributed by atoms with Crippen molar-refractivity contribution in [2.24, 2.45) is 5.92 Å². The highest BCUT2D eigenvalue weighted by Crippen LogP contribution is 2.24. The summed E-state index contributed by atoms with van der Waals surface area (Å²) in [7, 11) is 0. The molecule has 82 valence electrons. The molecule has 2 atom stereocenters. The van der Waals surface area contributed by atoms with Crippen molar-refractivity contribution in [1.82, 2.24) is 5.32 Å². The van der Waals surface area contributed by atoms with E-state index < -0.39 is 0 Å². The summed E-state index contributed by atoms with van der Waals surface area (Å²) < 4.78 is 0. The SMILES string of the molecule is OCC1CC(Cc2ccccc2O)CN1. The first kappa shape index (κ1) is 10.5. The summed E-state index contributed by atoms with van der Waals surface area (Å²) in [5.74, 6) is 0.903. The fourth-order valence-electron chi connectivity index (χ4n) is 2.19. The summed E-state index contributed by atoms with van der Waals surface area (Å²) in [4.78, 5) is 0. The molecule has 1 heterocycles. The first-order valence-electron chi connectivity index (χ1n) is 5.40. The van der Waals surface area contributed by atoms with Gasteiger partial charge in [0.05, 0.1) is 6.61 Å². The first-order valence-corrected chi connectivity index (χ1v) is 5.40. The van der Waals surface area contributed by atoms with E-state index in [0.717, 1.165) is 24.9 Å². The van der Waals surface area contributed by atoms with Crippen LogP contribution in [0.5, 0.6) is 5.75 Å². The number of aromatic hydroxyl groups is 1. The fraction of sp³-hybridized carbons (Fsp3) is 0.500. The number of nitrogens with one attached hydrogen (secondary N) is 1. The highest BCUT2D eigenvalue weighted by molar-refractivity contribution is 5.32. The predicted molar refractivity (Wildman–Crippen MR) is 58.8 cm³/mol. The molecule has 1 aromatic carbocycles. The molecule has 3 N–H and O–H groups in total. The van der Waals surface area contributed by atoms with Gasteiger partial charge >= 0.3 is 0 Å². The van der Waals surface area contributed by atoms with Gasteiger partial charge in [-0.1, -0.05) is 18.2 Å². The summed E-state index contributed by atoms with van der Waals surface area (Å²) in [6, 6.07) is 7.70. The van der Waals surface area contributed by atoms with Crippen LogP contribution >= 0.6 is 0 Å². The lowest BCUT2D eigenvalue weighted by Crippen LogP contribution is -2.24. The normalized spacial score (nSPS) is 25.7.